The Bertz CT molecular complexity index is 871. The summed E-state index contributed by atoms with van der Waals surface area (Å²) in [4.78, 5) is 16.6. The minimum absolute atomic E-state index is 0.245. The molecule has 3 rings (SSSR count). The molecule has 0 radical (unpaired) electrons. The highest BCUT2D eigenvalue weighted by atomic mass is 35.5. The second-order valence-electron chi connectivity index (χ2n) is 4.49. The Morgan fingerprint density at radius 1 is 1.29 bits per heavy atom. The molecule has 2 heterocycles. The Labute approximate surface area is 129 Å². The molecule has 0 saturated carbocycles. The molecule has 1 aromatic carbocycles. The molecule has 6 nitrogen and oxygen atoms in total. The average Bonchev–Trinajstić information content (AvgIpc) is 2.88. The molecular weight excluding hydrogens is 313 g/mol. The van der Waals surface area contributed by atoms with Crippen molar-refractivity contribution in [2.24, 2.45) is 0 Å². The highest BCUT2D eigenvalue weighted by Gasteiger charge is 2.12. The number of hydrogen-bond acceptors (Lipinski definition) is 4. The zero-order valence-corrected chi connectivity index (χ0v) is 12.6. The van der Waals surface area contributed by atoms with Crippen LogP contribution in [0.3, 0.4) is 0 Å². The van der Waals surface area contributed by atoms with E-state index in [4.69, 9.17) is 23.2 Å². The van der Waals surface area contributed by atoms with E-state index in [-0.39, 0.29) is 11.1 Å². The first-order valence-corrected chi connectivity index (χ1v) is 7.08. The monoisotopic (exact) mass is 323 g/mol. The van der Waals surface area contributed by atoms with Gasteiger partial charge in [0.25, 0.3) is 5.56 Å². The van der Waals surface area contributed by atoms with Gasteiger partial charge in [-0.2, -0.15) is 0 Å². The Kier molecular flexibility index (Phi) is 3.65. The summed E-state index contributed by atoms with van der Waals surface area (Å²) in [5.41, 5.74) is 1.28. The highest BCUT2D eigenvalue weighted by molar-refractivity contribution is 6.35. The lowest BCUT2D eigenvalue weighted by Gasteiger charge is -2.07. The highest BCUT2D eigenvalue weighted by Crippen LogP contribution is 2.21. The van der Waals surface area contributed by atoms with Gasteiger partial charge >= 0.3 is 0 Å². The topological polar surface area (TPSA) is 65.6 Å². The van der Waals surface area contributed by atoms with Crippen LogP contribution in [0.25, 0.3) is 11.2 Å². The van der Waals surface area contributed by atoms with Gasteiger partial charge in [-0.25, -0.2) is 9.67 Å². The van der Waals surface area contributed by atoms with Gasteiger partial charge in [0.05, 0.1) is 6.54 Å². The SMILES string of the molecule is CCn1nnc2c(=O)n(Cc3ccc(Cl)cc3Cl)cnc21. The van der Waals surface area contributed by atoms with Crippen LogP contribution in [0.4, 0.5) is 0 Å². The van der Waals surface area contributed by atoms with Crippen LogP contribution in [0.2, 0.25) is 10.0 Å². The largest absolute Gasteiger partial charge is 0.293 e. The summed E-state index contributed by atoms with van der Waals surface area (Å²) in [6.45, 7) is 2.82. The fourth-order valence-electron chi connectivity index (χ4n) is 2.05. The number of fused-ring (bicyclic) bond motifs is 1. The molecule has 0 aliphatic rings. The van der Waals surface area contributed by atoms with Gasteiger partial charge in [0.2, 0.25) is 0 Å². The number of halogens is 2. The molecule has 0 saturated heterocycles. The summed E-state index contributed by atoms with van der Waals surface area (Å²) < 4.78 is 3.03. The summed E-state index contributed by atoms with van der Waals surface area (Å²) >= 11 is 12.0. The van der Waals surface area contributed by atoms with Crippen molar-refractivity contribution in [1.29, 1.82) is 0 Å². The number of benzene rings is 1. The number of hydrogen-bond donors (Lipinski definition) is 0. The van der Waals surface area contributed by atoms with Gasteiger partial charge in [0.1, 0.15) is 6.33 Å². The van der Waals surface area contributed by atoms with Crippen molar-refractivity contribution in [2.75, 3.05) is 0 Å². The summed E-state index contributed by atoms with van der Waals surface area (Å²) in [6, 6.07) is 5.15. The van der Waals surface area contributed by atoms with Crippen LogP contribution in [-0.2, 0) is 13.1 Å². The minimum Gasteiger partial charge on any atom is -0.293 e. The lowest BCUT2D eigenvalue weighted by Crippen LogP contribution is -2.21. The molecule has 3 aromatic rings. The van der Waals surface area contributed by atoms with Crippen molar-refractivity contribution in [3.8, 4) is 0 Å². The van der Waals surface area contributed by atoms with Gasteiger partial charge in [0, 0.05) is 16.6 Å². The molecule has 0 spiro atoms. The molecule has 0 atom stereocenters. The van der Waals surface area contributed by atoms with Crippen molar-refractivity contribution >= 4 is 34.4 Å². The van der Waals surface area contributed by atoms with Gasteiger partial charge in [0.15, 0.2) is 11.2 Å². The molecule has 0 N–H and O–H groups in total. The molecule has 2 aromatic heterocycles. The second-order valence-corrected chi connectivity index (χ2v) is 5.33. The number of rotatable bonds is 3. The van der Waals surface area contributed by atoms with E-state index < -0.39 is 0 Å². The van der Waals surface area contributed by atoms with E-state index in [9.17, 15) is 4.79 Å². The molecule has 0 unspecified atom stereocenters. The third-order valence-electron chi connectivity index (χ3n) is 3.15. The molecule has 0 fully saturated rings. The zero-order chi connectivity index (χ0) is 15.0. The fraction of sp³-hybridized carbons (Fsp3) is 0.231. The molecule has 21 heavy (non-hydrogen) atoms. The smallest absolute Gasteiger partial charge is 0.283 e. The molecule has 0 amide bonds. The standard InChI is InChI=1S/C13H11Cl2N5O/c1-2-20-12-11(17-18-20)13(21)19(7-16-12)6-8-3-4-9(14)5-10(8)15/h3-5,7H,2,6H2,1H3. The maximum absolute atomic E-state index is 12.4. The van der Waals surface area contributed by atoms with Gasteiger partial charge < -0.3 is 0 Å². The summed E-state index contributed by atoms with van der Waals surface area (Å²) in [5.74, 6) is 0. The summed E-state index contributed by atoms with van der Waals surface area (Å²) in [5, 5.41) is 8.85. The van der Waals surface area contributed by atoms with Crippen molar-refractivity contribution < 1.29 is 0 Å². The van der Waals surface area contributed by atoms with Crippen LogP contribution in [-0.4, -0.2) is 24.5 Å². The van der Waals surface area contributed by atoms with E-state index in [1.165, 1.54) is 10.9 Å². The van der Waals surface area contributed by atoms with E-state index in [1.807, 2.05) is 6.92 Å². The van der Waals surface area contributed by atoms with Gasteiger partial charge in [-0.3, -0.25) is 9.36 Å². The molecule has 8 heteroatoms. The van der Waals surface area contributed by atoms with Crippen LogP contribution < -0.4 is 5.56 Å². The minimum atomic E-state index is -0.245. The first-order valence-electron chi connectivity index (χ1n) is 6.32. The predicted molar refractivity (Wildman–Crippen MR) is 80.8 cm³/mol. The van der Waals surface area contributed by atoms with Crippen molar-refractivity contribution in [3.63, 3.8) is 0 Å². The zero-order valence-electron chi connectivity index (χ0n) is 11.1. The van der Waals surface area contributed by atoms with Gasteiger partial charge in [-0.05, 0) is 24.6 Å². The lowest BCUT2D eigenvalue weighted by molar-refractivity contribution is 0.640. The number of aryl methyl sites for hydroxylation is 1. The van der Waals surface area contributed by atoms with E-state index in [2.05, 4.69) is 15.3 Å². The molecule has 0 bridgehead atoms. The Hall–Kier alpha value is -1.92. The third-order valence-corrected chi connectivity index (χ3v) is 3.73. The van der Waals surface area contributed by atoms with E-state index in [1.54, 1.807) is 22.9 Å². The first kappa shape index (κ1) is 14.0. The summed E-state index contributed by atoms with van der Waals surface area (Å²) in [6.07, 6.45) is 1.48. The van der Waals surface area contributed by atoms with Crippen LogP contribution in [0.5, 0.6) is 0 Å². The number of nitrogens with zero attached hydrogens (tertiary/aromatic N) is 5. The molecule has 108 valence electrons. The van der Waals surface area contributed by atoms with Crippen LogP contribution in [0.15, 0.2) is 29.3 Å². The second kappa shape index (κ2) is 5.46. The lowest BCUT2D eigenvalue weighted by atomic mass is 10.2. The summed E-state index contributed by atoms with van der Waals surface area (Å²) in [7, 11) is 0. The Balaban J connectivity index is 2.05. The van der Waals surface area contributed by atoms with Gasteiger partial charge in [-0.15, -0.1) is 5.10 Å². The van der Waals surface area contributed by atoms with Crippen molar-refractivity contribution in [3.05, 3.63) is 50.5 Å². The molecular formula is C13H11Cl2N5O. The Morgan fingerprint density at radius 3 is 2.81 bits per heavy atom. The fourth-order valence-corrected chi connectivity index (χ4v) is 2.51. The normalized spacial score (nSPS) is 11.2. The van der Waals surface area contributed by atoms with Crippen molar-refractivity contribution in [2.45, 2.75) is 20.0 Å². The predicted octanol–water partition coefficient (Wildman–Crippen LogP) is 2.36. The van der Waals surface area contributed by atoms with Crippen LogP contribution in [0, 0.1) is 0 Å². The average molecular weight is 324 g/mol. The van der Waals surface area contributed by atoms with E-state index in [0.29, 0.717) is 28.8 Å². The van der Waals surface area contributed by atoms with Crippen LogP contribution in [0.1, 0.15) is 12.5 Å². The van der Waals surface area contributed by atoms with E-state index in [0.717, 1.165) is 5.56 Å². The maximum Gasteiger partial charge on any atom is 0.283 e. The molecule has 0 aliphatic heterocycles. The first-order chi connectivity index (χ1) is 10.1. The van der Waals surface area contributed by atoms with Gasteiger partial charge in [-0.1, -0.05) is 34.5 Å². The van der Waals surface area contributed by atoms with Crippen LogP contribution >= 0.6 is 23.2 Å². The molecule has 0 aliphatic carbocycles. The maximum atomic E-state index is 12.4. The third kappa shape index (κ3) is 2.52. The van der Waals surface area contributed by atoms with Crippen molar-refractivity contribution in [1.82, 2.24) is 24.5 Å². The quantitative estimate of drug-likeness (QED) is 0.742. The Morgan fingerprint density at radius 2 is 2.10 bits per heavy atom. The van der Waals surface area contributed by atoms with E-state index >= 15 is 0 Å². The number of aromatic nitrogens is 5.